The van der Waals surface area contributed by atoms with Gasteiger partial charge >= 0.3 is 11.9 Å². The third-order valence-corrected chi connectivity index (χ3v) is 2.30. The van der Waals surface area contributed by atoms with E-state index in [9.17, 15) is 9.59 Å². The van der Waals surface area contributed by atoms with Crippen LogP contribution in [0.2, 0.25) is 0 Å². The van der Waals surface area contributed by atoms with Crippen LogP contribution in [-0.4, -0.2) is 25.2 Å². The predicted octanol–water partition coefficient (Wildman–Crippen LogP) is 1.55. The van der Waals surface area contributed by atoms with Crippen LogP contribution in [0.5, 0.6) is 0 Å². The van der Waals surface area contributed by atoms with Crippen molar-refractivity contribution in [1.82, 2.24) is 0 Å². The maximum absolute atomic E-state index is 11.8. The van der Waals surface area contributed by atoms with E-state index in [4.69, 9.17) is 15.2 Å². The average Bonchev–Trinajstić information content (AvgIpc) is 2.29. The SMILES string of the molecule is CCOC(=O)Cc1cccc(N)c1C(=O)OCC. The van der Waals surface area contributed by atoms with Gasteiger partial charge in [-0.15, -0.1) is 0 Å². The number of ether oxygens (including phenoxy) is 2. The van der Waals surface area contributed by atoms with Gasteiger partial charge in [0.15, 0.2) is 0 Å². The minimum atomic E-state index is -0.519. The van der Waals surface area contributed by atoms with Crippen molar-refractivity contribution in [2.24, 2.45) is 0 Å². The molecule has 0 saturated carbocycles. The Balaban J connectivity index is 3.00. The van der Waals surface area contributed by atoms with E-state index in [0.717, 1.165) is 0 Å². The highest BCUT2D eigenvalue weighted by Gasteiger charge is 2.18. The van der Waals surface area contributed by atoms with Crippen molar-refractivity contribution >= 4 is 17.6 Å². The summed E-state index contributed by atoms with van der Waals surface area (Å²) in [5.41, 5.74) is 6.81. The first-order valence-corrected chi connectivity index (χ1v) is 5.80. The molecule has 0 aliphatic rings. The van der Waals surface area contributed by atoms with Gasteiger partial charge in [-0.1, -0.05) is 12.1 Å². The summed E-state index contributed by atoms with van der Waals surface area (Å²) < 4.78 is 9.77. The van der Waals surface area contributed by atoms with E-state index in [0.29, 0.717) is 17.9 Å². The molecular weight excluding hydrogens is 234 g/mol. The maximum Gasteiger partial charge on any atom is 0.340 e. The molecule has 0 atom stereocenters. The van der Waals surface area contributed by atoms with Crippen LogP contribution in [0.4, 0.5) is 5.69 Å². The van der Waals surface area contributed by atoms with E-state index in [1.807, 2.05) is 0 Å². The minimum Gasteiger partial charge on any atom is -0.466 e. The van der Waals surface area contributed by atoms with Crippen molar-refractivity contribution < 1.29 is 19.1 Å². The van der Waals surface area contributed by atoms with Crippen molar-refractivity contribution in [3.63, 3.8) is 0 Å². The lowest BCUT2D eigenvalue weighted by Gasteiger charge is -2.10. The minimum absolute atomic E-state index is 0.00697. The van der Waals surface area contributed by atoms with E-state index < -0.39 is 11.9 Å². The molecule has 0 fully saturated rings. The molecular formula is C13H17NO4. The molecule has 0 radical (unpaired) electrons. The molecule has 5 heteroatoms. The molecule has 1 aromatic carbocycles. The molecule has 0 unspecified atom stereocenters. The Morgan fingerprint density at radius 2 is 1.83 bits per heavy atom. The normalized spacial score (nSPS) is 9.89. The van der Waals surface area contributed by atoms with Gasteiger partial charge in [-0.3, -0.25) is 4.79 Å². The molecule has 0 heterocycles. The summed E-state index contributed by atoms with van der Waals surface area (Å²) >= 11 is 0. The topological polar surface area (TPSA) is 78.6 Å². The van der Waals surface area contributed by atoms with Crippen LogP contribution >= 0.6 is 0 Å². The Hall–Kier alpha value is -2.04. The van der Waals surface area contributed by atoms with Crippen LogP contribution in [0.3, 0.4) is 0 Å². The van der Waals surface area contributed by atoms with Crippen molar-refractivity contribution in [1.29, 1.82) is 0 Å². The molecule has 1 aromatic rings. The van der Waals surface area contributed by atoms with Crippen LogP contribution in [0.25, 0.3) is 0 Å². The molecule has 0 aromatic heterocycles. The van der Waals surface area contributed by atoms with Gasteiger partial charge in [-0.2, -0.15) is 0 Å². The quantitative estimate of drug-likeness (QED) is 0.634. The molecule has 18 heavy (non-hydrogen) atoms. The second-order valence-corrected chi connectivity index (χ2v) is 3.58. The first-order valence-electron chi connectivity index (χ1n) is 5.80. The second-order valence-electron chi connectivity index (χ2n) is 3.58. The van der Waals surface area contributed by atoms with Crippen molar-refractivity contribution in [3.8, 4) is 0 Å². The average molecular weight is 251 g/mol. The zero-order valence-corrected chi connectivity index (χ0v) is 10.6. The number of rotatable bonds is 5. The van der Waals surface area contributed by atoms with E-state index in [1.165, 1.54) is 0 Å². The second kappa shape index (κ2) is 6.64. The van der Waals surface area contributed by atoms with E-state index in [-0.39, 0.29) is 18.6 Å². The number of nitrogen functional groups attached to an aromatic ring is 1. The summed E-state index contributed by atoms with van der Waals surface area (Å²) in [7, 11) is 0. The number of carbonyl (C=O) groups is 2. The van der Waals surface area contributed by atoms with Crippen LogP contribution < -0.4 is 5.73 Å². The number of carbonyl (C=O) groups excluding carboxylic acids is 2. The number of benzene rings is 1. The Labute approximate surface area is 106 Å². The van der Waals surface area contributed by atoms with Gasteiger partial charge in [0, 0.05) is 5.69 Å². The van der Waals surface area contributed by atoms with Gasteiger partial charge in [0.25, 0.3) is 0 Å². The third-order valence-electron chi connectivity index (χ3n) is 2.30. The monoisotopic (exact) mass is 251 g/mol. The standard InChI is InChI=1S/C13H17NO4/c1-3-17-11(15)8-9-6-5-7-10(14)12(9)13(16)18-4-2/h5-7H,3-4,8,14H2,1-2H3. The molecule has 0 spiro atoms. The van der Waals surface area contributed by atoms with Crippen LogP contribution in [0, 0.1) is 0 Å². The van der Waals surface area contributed by atoms with E-state index in [2.05, 4.69) is 0 Å². The fraction of sp³-hybridized carbons (Fsp3) is 0.385. The maximum atomic E-state index is 11.8. The van der Waals surface area contributed by atoms with Gasteiger partial charge < -0.3 is 15.2 Å². The van der Waals surface area contributed by atoms with Crippen LogP contribution in [0.15, 0.2) is 18.2 Å². The molecule has 98 valence electrons. The van der Waals surface area contributed by atoms with Crippen LogP contribution in [-0.2, 0) is 20.7 Å². The molecule has 0 amide bonds. The van der Waals surface area contributed by atoms with E-state index in [1.54, 1.807) is 32.0 Å². The van der Waals surface area contributed by atoms with Crippen molar-refractivity contribution in [2.75, 3.05) is 18.9 Å². The zero-order valence-electron chi connectivity index (χ0n) is 10.6. The molecule has 5 nitrogen and oxygen atoms in total. The van der Waals surface area contributed by atoms with Gasteiger partial charge in [0.05, 0.1) is 25.2 Å². The zero-order chi connectivity index (χ0) is 13.5. The highest BCUT2D eigenvalue weighted by atomic mass is 16.5. The first kappa shape index (κ1) is 14.0. The lowest BCUT2D eigenvalue weighted by Crippen LogP contribution is -2.15. The van der Waals surface area contributed by atoms with Gasteiger partial charge in [0.1, 0.15) is 0 Å². The Morgan fingerprint density at radius 3 is 2.44 bits per heavy atom. The summed E-state index contributed by atoms with van der Waals surface area (Å²) in [4.78, 5) is 23.2. The fourth-order valence-corrected chi connectivity index (χ4v) is 1.59. The molecule has 0 aliphatic carbocycles. The summed E-state index contributed by atoms with van der Waals surface area (Å²) in [6, 6.07) is 4.95. The predicted molar refractivity (Wildman–Crippen MR) is 67.1 cm³/mol. The summed E-state index contributed by atoms with van der Waals surface area (Å²) in [5.74, 6) is -0.913. The van der Waals surface area contributed by atoms with Crippen molar-refractivity contribution in [3.05, 3.63) is 29.3 Å². The lowest BCUT2D eigenvalue weighted by atomic mass is 10.0. The van der Waals surface area contributed by atoms with Crippen molar-refractivity contribution in [2.45, 2.75) is 20.3 Å². The number of hydrogen-bond donors (Lipinski definition) is 1. The van der Waals surface area contributed by atoms with E-state index >= 15 is 0 Å². The van der Waals surface area contributed by atoms with Gasteiger partial charge in [0.2, 0.25) is 0 Å². The smallest absolute Gasteiger partial charge is 0.340 e. The summed E-state index contributed by atoms with van der Waals surface area (Å²) in [6.45, 7) is 3.99. The van der Waals surface area contributed by atoms with Crippen LogP contribution in [0.1, 0.15) is 29.8 Å². The largest absolute Gasteiger partial charge is 0.466 e. The molecule has 2 N–H and O–H groups in total. The van der Waals surface area contributed by atoms with Gasteiger partial charge in [-0.25, -0.2) is 4.79 Å². The molecule has 0 bridgehead atoms. The summed E-state index contributed by atoms with van der Waals surface area (Å²) in [6.07, 6.45) is 0.00697. The molecule has 0 aliphatic heterocycles. The number of esters is 2. The third kappa shape index (κ3) is 3.48. The number of anilines is 1. The number of hydrogen-bond acceptors (Lipinski definition) is 5. The fourth-order valence-electron chi connectivity index (χ4n) is 1.59. The number of nitrogens with two attached hydrogens (primary N) is 1. The Kier molecular flexibility index (Phi) is 5.17. The molecule has 0 saturated heterocycles. The highest BCUT2D eigenvalue weighted by Crippen LogP contribution is 2.19. The van der Waals surface area contributed by atoms with Gasteiger partial charge in [-0.05, 0) is 25.5 Å². The molecule has 1 rings (SSSR count). The summed E-state index contributed by atoms with van der Waals surface area (Å²) in [5, 5.41) is 0. The Morgan fingerprint density at radius 1 is 1.17 bits per heavy atom. The Bertz CT molecular complexity index is 443. The lowest BCUT2D eigenvalue weighted by molar-refractivity contribution is -0.142. The highest BCUT2D eigenvalue weighted by molar-refractivity contribution is 5.97. The first-order chi connectivity index (χ1) is 8.60.